The summed E-state index contributed by atoms with van der Waals surface area (Å²) >= 11 is 12.0. The molecule has 4 heteroatoms. The van der Waals surface area contributed by atoms with Gasteiger partial charge in [-0.3, -0.25) is 4.98 Å². The van der Waals surface area contributed by atoms with Crippen LogP contribution in [0, 0.1) is 5.92 Å². The first-order valence-electron chi connectivity index (χ1n) is 4.74. The molecule has 1 aromatic rings. The largest absolute Gasteiger partial charge is 0.324 e. The molecule has 0 spiro atoms. The third kappa shape index (κ3) is 1.74. The van der Waals surface area contributed by atoms with E-state index in [0.29, 0.717) is 16.0 Å². The molecule has 1 fully saturated rings. The Balaban J connectivity index is 2.29. The van der Waals surface area contributed by atoms with Crippen LogP contribution in [0.25, 0.3) is 0 Å². The summed E-state index contributed by atoms with van der Waals surface area (Å²) in [6.45, 7) is 0. The SMILES string of the molecule is N[C@@H](c1c(Cl)cncc1Cl)C1CCC1. The fraction of sp³-hybridized carbons (Fsp3) is 0.500. The summed E-state index contributed by atoms with van der Waals surface area (Å²) in [6.07, 6.45) is 6.81. The van der Waals surface area contributed by atoms with Crippen molar-refractivity contribution in [2.24, 2.45) is 11.7 Å². The second kappa shape index (κ2) is 4.05. The van der Waals surface area contributed by atoms with Crippen LogP contribution in [-0.2, 0) is 0 Å². The molecular weight excluding hydrogens is 219 g/mol. The zero-order valence-electron chi connectivity index (χ0n) is 7.71. The highest BCUT2D eigenvalue weighted by Gasteiger charge is 2.28. The van der Waals surface area contributed by atoms with Crippen LogP contribution in [0.3, 0.4) is 0 Å². The summed E-state index contributed by atoms with van der Waals surface area (Å²) in [5.41, 5.74) is 6.96. The van der Waals surface area contributed by atoms with Crippen LogP contribution in [0.5, 0.6) is 0 Å². The van der Waals surface area contributed by atoms with Gasteiger partial charge in [0.1, 0.15) is 0 Å². The van der Waals surface area contributed by atoms with E-state index in [1.165, 1.54) is 19.3 Å². The quantitative estimate of drug-likeness (QED) is 0.848. The molecule has 0 saturated heterocycles. The summed E-state index contributed by atoms with van der Waals surface area (Å²) in [4.78, 5) is 3.91. The fourth-order valence-electron chi connectivity index (χ4n) is 1.77. The molecule has 1 atom stereocenters. The second-order valence-electron chi connectivity index (χ2n) is 3.73. The van der Waals surface area contributed by atoms with E-state index < -0.39 is 0 Å². The number of rotatable bonds is 2. The maximum absolute atomic E-state index is 6.11. The fourth-order valence-corrected chi connectivity index (χ4v) is 2.39. The molecule has 1 aliphatic carbocycles. The number of aromatic nitrogens is 1. The van der Waals surface area contributed by atoms with Gasteiger partial charge in [-0.15, -0.1) is 0 Å². The Hall–Kier alpha value is -0.310. The molecule has 0 amide bonds. The van der Waals surface area contributed by atoms with Gasteiger partial charge in [-0.05, 0) is 18.8 Å². The summed E-state index contributed by atoms with van der Waals surface area (Å²) < 4.78 is 0. The standard InChI is InChI=1S/C10H12Cl2N2/c11-7-4-14-5-8(12)9(7)10(13)6-2-1-3-6/h4-6,10H,1-3,13H2/t10-/m1/s1. The highest BCUT2D eigenvalue weighted by molar-refractivity contribution is 6.35. The highest BCUT2D eigenvalue weighted by atomic mass is 35.5. The van der Waals surface area contributed by atoms with Gasteiger partial charge < -0.3 is 5.73 Å². The molecule has 76 valence electrons. The Morgan fingerprint density at radius 2 is 1.86 bits per heavy atom. The van der Waals surface area contributed by atoms with E-state index in [1.54, 1.807) is 12.4 Å². The molecule has 0 bridgehead atoms. The topological polar surface area (TPSA) is 38.9 Å². The van der Waals surface area contributed by atoms with E-state index >= 15 is 0 Å². The summed E-state index contributed by atoms with van der Waals surface area (Å²) in [7, 11) is 0. The van der Waals surface area contributed by atoms with E-state index in [9.17, 15) is 0 Å². The molecule has 14 heavy (non-hydrogen) atoms. The number of halogens is 2. The number of pyridine rings is 1. The third-order valence-electron chi connectivity index (χ3n) is 2.88. The number of hydrogen-bond acceptors (Lipinski definition) is 2. The van der Waals surface area contributed by atoms with Crippen molar-refractivity contribution in [1.82, 2.24) is 4.98 Å². The van der Waals surface area contributed by atoms with Crippen LogP contribution in [-0.4, -0.2) is 4.98 Å². The van der Waals surface area contributed by atoms with Crippen molar-refractivity contribution in [3.8, 4) is 0 Å². The van der Waals surface area contributed by atoms with Gasteiger partial charge in [-0.2, -0.15) is 0 Å². The molecule has 2 N–H and O–H groups in total. The van der Waals surface area contributed by atoms with E-state index in [4.69, 9.17) is 28.9 Å². The van der Waals surface area contributed by atoms with Gasteiger partial charge in [0.15, 0.2) is 0 Å². The lowest BCUT2D eigenvalue weighted by Crippen LogP contribution is -2.27. The van der Waals surface area contributed by atoms with Crippen LogP contribution in [0.15, 0.2) is 12.4 Å². The molecule has 1 saturated carbocycles. The number of nitrogens with two attached hydrogens (primary N) is 1. The Morgan fingerprint density at radius 1 is 1.29 bits per heavy atom. The first-order chi connectivity index (χ1) is 6.70. The van der Waals surface area contributed by atoms with Crippen LogP contribution in [0.1, 0.15) is 30.9 Å². The maximum Gasteiger partial charge on any atom is 0.0652 e. The molecule has 0 radical (unpaired) electrons. The maximum atomic E-state index is 6.11. The lowest BCUT2D eigenvalue weighted by Gasteiger charge is -2.32. The van der Waals surface area contributed by atoms with Gasteiger partial charge in [-0.25, -0.2) is 0 Å². The minimum atomic E-state index is -0.0354. The third-order valence-corrected chi connectivity index (χ3v) is 3.48. The highest BCUT2D eigenvalue weighted by Crippen LogP contribution is 2.40. The van der Waals surface area contributed by atoms with E-state index in [0.717, 1.165) is 5.56 Å². The number of hydrogen-bond donors (Lipinski definition) is 1. The molecule has 1 aliphatic rings. The van der Waals surface area contributed by atoms with Gasteiger partial charge in [0.2, 0.25) is 0 Å². The van der Waals surface area contributed by atoms with Crippen molar-refractivity contribution in [2.45, 2.75) is 25.3 Å². The Bertz CT molecular complexity index is 317. The lowest BCUT2D eigenvalue weighted by molar-refractivity contribution is 0.264. The Morgan fingerprint density at radius 3 is 2.29 bits per heavy atom. The van der Waals surface area contributed by atoms with Crippen molar-refractivity contribution in [3.63, 3.8) is 0 Å². The van der Waals surface area contributed by atoms with Gasteiger partial charge in [0.05, 0.1) is 10.0 Å². The zero-order valence-corrected chi connectivity index (χ0v) is 9.22. The second-order valence-corrected chi connectivity index (χ2v) is 4.55. The smallest absolute Gasteiger partial charge is 0.0652 e. The molecule has 2 nitrogen and oxygen atoms in total. The summed E-state index contributed by atoms with van der Waals surface area (Å²) in [5, 5.41) is 1.16. The molecule has 1 heterocycles. The molecule has 1 aromatic heterocycles. The molecule has 0 aromatic carbocycles. The van der Waals surface area contributed by atoms with Gasteiger partial charge in [0.25, 0.3) is 0 Å². The normalized spacial score (nSPS) is 19.1. The van der Waals surface area contributed by atoms with Crippen LogP contribution in [0.2, 0.25) is 10.0 Å². The Kier molecular flexibility index (Phi) is 2.96. The van der Waals surface area contributed by atoms with Crippen LogP contribution in [0.4, 0.5) is 0 Å². The van der Waals surface area contributed by atoms with Crippen molar-refractivity contribution in [1.29, 1.82) is 0 Å². The molecule has 0 unspecified atom stereocenters. The average Bonchev–Trinajstić information content (AvgIpc) is 2.00. The number of nitrogens with zero attached hydrogens (tertiary/aromatic N) is 1. The zero-order chi connectivity index (χ0) is 10.1. The average molecular weight is 231 g/mol. The minimum Gasteiger partial charge on any atom is -0.324 e. The van der Waals surface area contributed by atoms with Crippen LogP contribution >= 0.6 is 23.2 Å². The minimum absolute atomic E-state index is 0.0354. The van der Waals surface area contributed by atoms with Gasteiger partial charge in [-0.1, -0.05) is 29.6 Å². The molecule has 2 rings (SSSR count). The van der Waals surface area contributed by atoms with Gasteiger partial charge in [0, 0.05) is 24.0 Å². The predicted octanol–water partition coefficient (Wildman–Crippen LogP) is 3.19. The van der Waals surface area contributed by atoms with Crippen molar-refractivity contribution in [2.75, 3.05) is 0 Å². The molecule has 0 aliphatic heterocycles. The monoisotopic (exact) mass is 230 g/mol. The Labute approximate surface area is 93.4 Å². The summed E-state index contributed by atoms with van der Waals surface area (Å²) in [6, 6.07) is -0.0354. The van der Waals surface area contributed by atoms with E-state index in [2.05, 4.69) is 4.98 Å². The van der Waals surface area contributed by atoms with E-state index in [-0.39, 0.29) is 6.04 Å². The van der Waals surface area contributed by atoms with Gasteiger partial charge >= 0.3 is 0 Å². The first-order valence-corrected chi connectivity index (χ1v) is 5.50. The first kappa shape index (κ1) is 10.2. The van der Waals surface area contributed by atoms with Crippen molar-refractivity contribution in [3.05, 3.63) is 28.0 Å². The molecular formula is C10H12Cl2N2. The van der Waals surface area contributed by atoms with Crippen molar-refractivity contribution < 1.29 is 0 Å². The summed E-state index contributed by atoms with van der Waals surface area (Å²) in [5.74, 6) is 0.535. The lowest BCUT2D eigenvalue weighted by atomic mass is 9.78. The van der Waals surface area contributed by atoms with E-state index in [1.807, 2.05) is 0 Å². The predicted molar refractivity (Wildman–Crippen MR) is 58.5 cm³/mol. The van der Waals surface area contributed by atoms with Crippen LogP contribution < -0.4 is 5.73 Å². The van der Waals surface area contributed by atoms with Crippen molar-refractivity contribution >= 4 is 23.2 Å².